The summed E-state index contributed by atoms with van der Waals surface area (Å²) in [5.41, 5.74) is 2.10. The van der Waals surface area contributed by atoms with Gasteiger partial charge in [0, 0.05) is 21.5 Å². The van der Waals surface area contributed by atoms with E-state index in [0.717, 1.165) is 22.3 Å². The molecule has 0 unspecified atom stereocenters. The second-order valence-corrected chi connectivity index (χ2v) is 6.91. The molecule has 2 nitrogen and oxygen atoms in total. The maximum Gasteiger partial charge on any atom is 0.224 e. The smallest absolute Gasteiger partial charge is 0.224 e. The largest absolute Gasteiger partial charge is 0.326 e. The zero-order valence-corrected chi connectivity index (χ0v) is 14.3. The highest BCUT2D eigenvalue weighted by atomic mass is 79.9. The van der Waals surface area contributed by atoms with Crippen molar-refractivity contribution >= 4 is 39.3 Å². The van der Waals surface area contributed by atoms with Gasteiger partial charge in [0.1, 0.15) is 0 Å². The Morgan fingerprint density at radius 1 is 1.19 bits per heavy atom. The van der Waals surface area contributed by atoms with Crippen LogP contribution in [0.15, 0.2) is 57.9 Å². The fourth-order valence-corrected chi connectivity index (χ4v) is 3.10. The summed E-state index contributed by atoms with van der Waals surface area (Å²) in [6, 6.07) is 16.1. The number of thioether (sulfide) groups is 1. The highest BCUT2D eigenvalue weighted by Crippen LogP contribution is 2.20. The lowest BCUT2D eigenvalue weighted by molar-refractivity contribution is -0.116. The third-order valence-corrected chi connectivity index (χ3v) is 4.54. The highest BCUT2D eigenvalue weighted by molar-refractivity contribution is 9.10. The van der Waals surface area contributed by atoms with Gasteiger partial charge in [-0.2, -0.15) is 0 Å². The summed E-state index contributed by atoms with van der Waals surface area (Å²) in [5.74, 6) is 1.02. The van der Waals surface area contributed by atoms with Gasteiger partial charge in [0.15, 0.2) is 0 Å². The van der Waals surface area contributed by atoms with Crippen LogP contribution in [-0.2, 0) is 4.79 Å². The molecule has 0 spiro atoms. The van der Waals surface area contributed by atoms with E-state index in [-0.39, 0.29) is 5.91 Å². The second-order valence-electron chi connectivity index (χ2n) is 4.82. The molecule has 1 amide bonds. The zero-order valence-electron chi connectivity index (χ0n) is 11.9. The topological polar surface area (TPSA) is 29.1 Å². The third kappa shape index (κ3) is 5.94. The van der Waals surface area contributed by atoms with Crippen LogP contribution in [-0.4, -0.2) is 11.7 Å². The molecule has 2 rings (SSSR count). The van der Waals surface area contributed by atoms with Crippen LogP contribution in [0.1, 0.15) is 18.4 Å². The Bertz CT molecular complexity index is 598. The maximum atomic E-state index is 11.8. The number of benzene rings is 2. The number of hydrogen-bond donors (Lipinski definition) is 1. The molecule has 0 radical (unpaired) electrons. The molecule has 2 aromatic carbocycles. The molecule has 0 aliphatic carbocycles. The maximum absolute atomic E-state index is 11.8. The summed E-state index contributed by atoms with van der Waals surface area (Å²) in [6.07, 6.45) is 1.42. The number of rotatable bonds is 6. The van der Waals surface area contributed by atoms with E-state index in [2.05, 4.69) is 52.4 Å². The predicted octanol–water partition coefficient (Wildman–Crippen LogP) is 5.27. The van der Waals surface area contributed by atoms with Crippen LogP contribution in [0.5, 0.6) is 0 Å². The minimum atomic E-state index is 0.0672. The van der Waals surface area contributed by atoms with Gasteiger partial charge in [-0.05, 0) is 49.4 Å². The van der Waals surface area contributed by atoms with Crippen molar-refractivity contribution in [3.8, 4) is 0 Å². The van der Waals surface area contributed by atoms with E-state index in [1.54, 1.807) is 11.8 Å². The van der Waals surface area contributed by atoms with Gasteiger partial charge in [0.05, 0.1) is 0 Å². The lowest BCUT2D eigenvalue weighted by Gasteiger charge is -2.06. The molecule has 0 aromatic heterocycles. The summed E-state index contributed by atoms with van der Waals surface area (Å²) in [7, 11) is 0. The monoisotopic (exact) mass is 363 g/mol. The van der Waals surface area contributed by atoms with Gasteiger partial charge >= 0.3 is 0 Å². The third-order valence-electron chi connectivity index (χ3n) is 2.95. The number of anilines is 1. The van der Waals surface area contributed by atoms with Gasteiger partial charge in [-0.15, -0.1) is 11.8 Å². The minimum Gasteiger partial charge on any atom is -0.326 e. The minimum absolute atomic E-state index is 0.0672. The van der Waals surface area contributed by atoms with Crippen LogP contribution < -0.4 is 5.32 Å². The standard InChI is InChI=1S/C17H18BrNOS/c1-13-7-9-16(10-8-13)21-11-3-6-17(20)19-15-5-2-4-14(18)12-15/h2,4-5,7-10,12H,3,6,11H2,1H3,(H,19,20). The van der Waals surface area contributed by atoms with E-state index in [9.17, 15) is 4.79 Å². The van der Waals surface area contributed by atoms with Crippen molar-refractivity contribution in [1.82, 2.24) is 0 Å². The lowest BCUT2D eigenvalue weighted by Crippen LogP contribution is -2.11. The van der Waals surface area contributed by atoms with Crippen molar-refractivity contribution in [3.63, 3.8) is 0 Å². The molecule has 0 aliphatic heterocycles. The lowest BCUT2D eigenvalue weighted by atomic mass is 10.2. The molecule has 110 valence electrons. The molecule has 4 heteroatoms. The van der Waals surface area contributed by atoms with Crippen LogP contribution in [0.4, 0.5) is 5.69 Å². The SMILES string of the molecule is Cc1ccc(SCCCC(=O)Nc2cccc(Br)c2)cc1. The molecule has 0 saturated heterocycles. The Morgan fingerprint density at radius 3 is 2.67 bits per heavy atom. The van der Waals surface area contributed by atoms with Crippen molar-refractivity contribution < 1.29 is 4.79 Å². The van der Waals surface area contributed by atoms with Gasteiger partial charge in [0.25, 0.3) is 0 Å². The molecule has 0 bridgehead atoms. The average molecular weight is 364 g/mol. The van der Waals surface area contributed by atoms with E-state index < -0.39 is 0 Å². The molecule has 0 saturated carbocycles. The number of carbonyl (C=O) groups excluding carboxylic acids is 1. The first-order valence-corrected chi connectivity index (χ1v) is 8.66. The van der Waals surface area contributed by atoms with E-state index in [4.69, 9.17) is 0 Å². The predicted molar refractivity (Wildman–Crippen MR) is 93.9 cm³/mol. The number of aryl methyl sites for hydroxylation is 1. The molecule has 1 N–H and O–H groups in total. The number of hydrogen-bond acceptors (Lipinski definition) is 2. The summed E-state index contributed by atoms with van der Waals surface area (Å²) < 4.78 is 0.968. The van der Waals surface area contributed by atoms with Crippen LogP contribution >= 0.6 is 27.7 Å². The average Bonchev–Trinajstić information content (AvgIpc) is 2.45. The van der Waals surface area contributed by atoms with Crippen LogP contribution in [0.3, 0.4) is 0 Å². The van der Waals surface area contributed by atoms with Crippen molar-refractivity contribution in [2.45, 2.75) is 24.7 Å². The summed E-state index contributed by atoms with van der Waals surface area (Å²) in [6.45, 7) is 2.08. The zero-order chi connectivity index (χ0) is 15.1. The summed E-state index contributed by atoms with van der Waals surface area (Å²) in [4.78, 5) is 13.1. The number of nitrogens with one attached hydrogen (secondary N) is 1. The van der Waals surface area contributed by atoms with E-state index in [0.29, 0.717) is 6.42 Å². The highest BCUT2D eigenvalue weighted by Gasteiger charge is 2.03. The van der Waals surface area contributed by atoms with Gasteiger partial charge < -0.3 is 5.32 Å². The normalized spacial score (nSPS) is 10.4. The Labute approximate surface area is 138 Å². The van der Waals surface area contributed by atoms with E-state index in [1.165, 1.54) is 10.5 Å². The van der Waals surface area contributed by atoms with Crippen molar-refractivity contribution in [3.05, 3.63) is 58.6 Å². The second kappa shape index (κ2) is 8.25. The fraction of sp³-hybridized carbons (Fsp3) is 0.235. The first kappa shape index (κ1) is 16.1. The molecule has 21 heavy (non-hydrogen) atoms. The summed E-state index contributed by atoms with van der Waals surface area (Å²) >= 11 is 5.18. The Kier molecular flexibility index (Phi) is 6.33. The molecular formula is C17H18BrNOS. The first-order chi connectivity index (χ1) is 10.1. The van der Waals surface area contributed by atoms with Crippen LogP contribution in [0.25, 0.3) is 0 Å². The Balaban J connectivity index is 1.68. The fourth-order valence-electron chi connectivity index (χ4n) is 1.85. The van der Waals surface area contributed by atoms with E-state index in [1.807, 2.05) is 24.3 Å². The Morgan fingerprint density at radius 2 is 1.95 bits per heavy atom. The quantitative estimate of drug-likeness (QED) is 0.559. The van der Waals surface area contributed by atoms with Gasteiger partial charge in [-0.25, -0.2) is 0 Å². The Hall–Kier alpha value is -1.26. The van der Waals surface area contributed by atoms with E-state index >= 15 is 0 Å². The molecule has 0 heterocycles. The van der Waals surface area contributed by atoms with Crippen LogP contribution in [0, 0.1) is 6.92 Å². The van der Waals surface area contributed by atoms with Gasteiger partial charge in [0.2, 0.25) is 5.91 Å². The van der Waals surface area contributed by atoms with Crippen molar-refractivity contribution in [1.29, 1.82) is 0 Å². The number of amides is 1. The molecule has 0 aliphatic rings. The first-order valence-electron chi connectivity index (χ1n) is 6.88. The molecule has 0 fully saturated rings. The van der Waals surface area contributed by atoms with Crippen molar-refractivity contribution in [2.24, 2.45) is 0 Å². The van der Waals surface area contributed by atoms with Crippen molar-refractivity contribution in [2.75, 3.05) is 11.1 Å². The van der Waals surface area contributed by atoms with Crippen LogP contribution in [0.2, 0.25) is 0 Å². The number of halogens is 1. The summed E-state index contributed by atoms with van der Waals surface area (Å²) in [5, 5.41) is 2.91. The van der Waals surface area contributed by atoms with Gasteiger partial charge in [-0.3, -0.25) is 4.79 Å². The molecular weight excluding hydrogens is 346 g/mol. The van der Waals surface area contributed by atoms with Gasteiger partial charge in [-0.1, -0.05) is 39.7 Å². The molecule has 0 atom stereocenters. The molecule has 2 aromatic rings. The number of carbonyl (C=O) groups is 1.